The first kappa shape index (κ1) is 14.7. The maximum Gasteiger partial charge on any atom is 0.376 e. The zero-order valence-corrected chi connectivity index (χ0v) is 11.6. The van der Waals surface area contributed by atoms with Crippen molar-refractivity contribution in [1.82, 2.24) is 4.98 Å². The maximum atomic E-state index is 11.5. The van der Waals surface area contributed by atoms with Gasteiger partial charge >= 0.3 is 5.97 Å². The lowest BCUT2D eigenvalue weighted by Crippen LogP contribution is -2.04. The predicted molar refractivity (Wildman–Crippen MR) is 69.7 cm³/mol. The third kappa shape index (κ3) is 4.51. The zero-order valence-electron chi connectivity index (χ0n) is 11.6. The number of hydrogen-bond acceptors (Lipinski definition) is 4. The first-order chi connectivity index (χ1) is 8.69. The molecule has 0 aliphatic rings. The van der Waals surface area contributed by atoms with Crippen molar-refractivity contribution in [3.8, 4) is 0 Å². The van der Waals surface area contributed by atoms with Crippen LogP contribution in [0, 0.1) is 6.92 Å². The number of oxazole rings is 1. The van der Waals surface area contributed by atoms with Crippen molar-refractivity contribution < 1.29 is 13.9 Å². The number of ether oxygens (including phenoxy) is 1. The highest BCUT2D eigenvalue weighted by Gasteiger charge is 2.17. The fourth-order valence-electron chi connectivity index (χ4n) is 1.83. The summed E-state index contributed by atoms with van der Waals surface area (Å²) >= 11 is 0. The van der Waals surface area contributed by atoms with Gasteiger partial charge in [0.2, 0.25) is 5.76 Å². The Kier molecular flexibility index (Phi) is 6.47. The van der Waals surface area contributed by atoms with Crippen LogP contribution in [0.5, 0.6) is 0 Å². The minimum Gasteiger partial charge on any atom is -0.460 e. The van der Waals surface area contributed by atoms with Crippen molar-refractivity contribution in [2.45, 2.75) is 59.3 Å². The third-order valence-electron chi connectivity index (χ3n) is 2.80. The van der Waals surface area contributed by atoms with E-state index < -0.39 is 5.97 Å². The maximum absolute atomic E-state index is 11.5. The SMILES string of the molecule is CCCCCCCc1nc(C)c(C(=O)OCC)o1. The van der Waals surface area contributed by atoms with Gasteiger partial charge in [0.05, 0.1) is 12.3 Å². The van der Waals surface area contributed by atoms with Gasteiger partial charge in [0, 0.05) is 6.42 Å². The van der Waals surface area contributed by atoms with E-state index in [1.54, 1.807) is 13.8 Å². The molecule has 0 fully saturated rings. The fraction of sp³-hybridized carbons (Fsp3) is 0.714. The van der Waals surface area contributed by atoms with Gasteiger partial charge in [-0.1, -0.05) is 32.6 Å². The summed E-state index contributed by atoms with van der Waals surface area (Å²) in [5.41, 5.74) is 0.622. The number of rotatable bonds is 8. The van der Waals surface area contributed by atoms with Gasteiger partial charge in [0.1, 0.15) is 0 Å². The van der Waals surface area contributed by atoms with Crippen molar-refractivity contribution in [2.24, 2.45) is 0 Å². The monoisotopic (exact) mass is 253 g/mol. The molecule has 0 aliphatic heterocycles. The van der Waals surface area contributed by atoms with Crippen LogP contribution in [0.1, 0.15) is 68.1 Å². The molecule has 1 aromatic heterocycles. The number of carbonyl (C=O) groups is 1. The van der Waals surface area contributed by atoms with Crippen molar-refractivity contribution in [3.63, 3.8) is 0 Å². The Balaban J connectivity index is 2.43. The summed E-state index contributed by atoms with van der Waals surface area (Å²) in [4.78, 5) is 15.8. The number of nitrogens with zero attached hydrogens (tertiary/aromatic N) is 1. The topological polar surface area (TPSA) is 52.3 Å². The van der Waals surface area contributed by atoms with Crippen molar-refractivity contribution >= 4 is 5.97 Å². The standard InChI is InChI=1S/C14H23NO3/c1-4-6-7-8-9-10-12-15-11(3)13(18-12)14(16)17-5-2/h4-10H2,1-3H3. The molecule has 0 radical (unpaired) electrons. The predicted octanol–water partition coefficient (Wildman–Crippen LogP) is 3.67. The molecule has 0 N–H and O–H groups in total. The van der Waals surface area contributed by atoms with Gasteiger partial charge in [-0.25, -0.2) is 9.78 Å². The summed E-state index contributed by atoms with van der Waals surface area (Å²) in [6.07, 6.45) is 6.81. The molecule has 4 nitrogen and oxygen atoms in total. The van der Waals surface area contributed by atoms with Crippen LogP contribution < -0.4 is 0 Å². The molecule has 0 unspecified atom stereocenters. The van der Waals surface area contributed by atoms with Crippen molar-refractivity contribution in [1.29, 1.82) is 0 Å². The third-order valence-corrected chi connectivity index (χ3v) is 2.80. The molecular formula is C14H23NO3. The Labute approximate surface area is 109 Å². The van der Waals surface area contributed by atoms with Crippen LogP contribution >= 0.6 is 0 Å². The summed E-state index contributed by atoms with van der Waals surface area (Å²) in [6.45, 7) is 6.10. The van der Waals surface area contributed by atoms with Crippen LogP contribution in [0.2, 0.25) is 0 Å². The normalized spacial score (nSPS) is 10.6. The smallest absolute Gasteiger partial charge is 0.376 e. The first-order valence-corrected chi connectivity index (χ1v) is 6.82. The molecule has 1 rings (SSSR count). The molecule has 102 valence electrons. The number of unbranched alkanes of at least 4 members (excludes halogenated alkanes) is 4. The van der Waals surface area contributed by atoms with Gasteiger partial charge in [-0.2, -0.15) is 0 Å². The summed E-state index contributed by atoms with van der Waals surface area (Å²) in [5.74, 6) is 0.479. The molecule has 1 heterocycles. The highest BCUT2D eigenvalue weighted by atomic mass is 16.5. The average Bonchev–Trinajstić information content (AvgIpc) is 2.71. The van der Waals surface area contributed by atoms with Gasteiger partial charge in [0.15, 0.2) is 5.89 Å². The summed E-state index contributed by atoms with van der Waals surface area (Å²) in [5, 5.41) is 0. The highest BCUT2D eigenvalue weighted by Crippen LogP contribution is 2.14. The lowest BCUT2D eigenvalue weighted by atomic mass is 10.1. The van der Waals surface area contributed by atoms with E-state index >= 15 is 0 Å². The van der Waals surface area contributed by atoms with Gasteiger partial charge in [-0.3, -0.25) is 0 Å². The Morgan fingerprint density at radius 1 is 1.22 bits per heavy atom. The molecule has 0 spiro atoms. The van der Waals surface area contributed by atoms with Crippen LogP contribution in [-0.2, 0) is 11.2 Å². The van der Waals surface area contributed by atoms with E-state index in [1.165, 1.54) is 25.7 Å². The Hall–Kier alpha value is -1.32. The van der Waals surface area contributed by atoms with E-state index in [-0.39, 0.29) is 5.76 Å². The molecule has 1 aromatic rings. The van der Waals surface area contributed by atoms with Gasteiger partial charge in [-0.05, 0) is 20.3 Å². The lowest BCUT2D eigenvalue weighted by molar-refractivity contribution is 0.0487. The first-order valence-electron chi connectivity index (χ1n) is 6.82. The molecule has 4 heteroatoms. The molecule has 0 atom stereocenters. The molecular weight excluding hydrogens is 230 g/mol. The fourth-order valence-corrected chi connectivity index (χ4v) is 1.83. The molecule has 0 aliphatic carbocycles. The van der Waals surface area contributed by atoms with E-state index in [2.05, 4.69) is 11.9 Å². The van der Waals surface area contributed by atoms with Crippen molar-refractivity contribution in [3.05, 3.63) is 17.3 Å². The second-order valence-electron chi connectivity index (χ2n) is 4.41. The van der Waals surface area contributed by atoms with E-state index in [9.17, 15) is 4.79 Å². The Morgan fingerprint density at radius 3 is 2.61 bits per heavy atom. The lowest BCUT2D eigenvalue weighted by Gasteiger charge is -1.98. The molecule has 0 bridgehead atoms. The average molecular weight is 253 g/mol. The number of aryl methyl sites for hydroxylation is 2. The quantitative estimate of drug-likeness (QED) is 0.524. The summed E-state index contributed by atoms with van der Waals surface area (Å²) in [6, 6.07) is 0. The van der Waals surface area contributed by atoms with Crippen LogP contribution in [-0.4, -0.2) is 17.6 Å². The summed E-state index contributed by atoms with van der Waals surface area (Å²) < 4.78 is 10.4. The molecule has 0 aromatic carbocycles. The Morgan fingerprint density at radius 2 is 1.94 bits per heavy atom. The minimum atomic E-state index is -0.417. The van der Waals surface area contributed by atoms with Crippen LogP contribution in [0.15, 0.2) is 4.42 Å². The van der Waals surface area contributed by atoms with E-state index in [0.717, 1.165) is 12.8 Å². The number of hydrogen-bond donors (Lipinski definition) is 0. The second-order valence-corrected chi connectivity index (χ2v) is 4.41. The van der Waals surface area contributed by atoms with E-state index in [0.29, 0.717) is 18.2 Å². The molecule has 18 heavy (non-hydrogen) atoms. The molecule has 0 amide bonds. The van der Waals surface area contributed by atoms with Crippen LogP contribution in [0.25, 0.3) is 0 Å². The van der Waals surface area contributed by atoms with Gasteiger partial charge in [0.25, 0.3) is 0 Å². The number of aromatic nitrogens is 1. The minimum absolute atomic E-state index is 0.250. The van der Waals surface area contributed by atoms with Crippen LogP contribution in [0.4, 0.5) is 0 Å². The molecule has 0 saturated carbocycles. The zero-order chi connectivity index (χ0) is 13.4. The van der Waals surface area contributed by atoms with E-state index in [4.69, 9.17) is 9.15 Å². The summed E-state index contributed by atoms with van der Waals surface area (Å²) in [7, 11) is 0. The van der Waals surface area contributed by atoms with Crippen molar-refractivity contribution in [2.75, 3.05) is 6.61 Å². The van der Waals surface area contributed by atoms with Gasteiger partial charge in [-0.15, -0.1) is 0 Å². The second kappa shape index (κ2) is 7.90. The van der Waals surface area contributed by atoms with Gasteiger partial charge < -0.3 is 9.15 Å². The number of carbonyl (C=O) groups excluding carboxylic acids is 1. The van der Waals surface area contributed by atoms with Crippen LogP contribution in [0.3, 0.4) is 0 Å². The number of esters is 1. The largest absolute Gasteiger partial charge is 0.460 e. The van der Waals surface area contributed by atoms with E-state index in [1.807, 2.05) is 0 Å². The Bertz CT molecular complexity index is 371. The highest BCUT2D eigenvalue weighted by molar-refractivity contribution is 5.87. The molecule has 0 saturated heterocycles.